The van der Waals surface area contributed by atoms with Gasteiger partial charge in [-0.3, -0.25) is 4.72 Å². The average Bonchev–Trinajstić information content (AvgIpc) is 2.53. The zero-order chi connectivity index (χ0) is 17.6. The lowest BCUT2D eigenvalue weighted by atomic mass is 10.2. The third-order valence-electron chi connectivity index (χ3n) is 3.01. The second-order valence-electron chi connectivity index (χ2n) is 4.96. The van der Waals surface area contributed by atoms with Gasteiger partial charge in [0.2, 0.25) is 16.0 Å². The molecule has 0 aliphatic carbocycles. The minimum Gasteiger partial charge on any atom is -0.495 e. The van der Waals surface area contributed by atoms with Crippen molar-refractivity contribution in [3.8, 4) is 5.75 Å². The molecule has 8 heteroatoms. The Morgan fingerprint density at radius 1 is 1.17 bits per heavy atom. The summed E-state index contributed by atoms with van der Waals surface area (Å²) >= 11 is 6.10. The van der Waals surface area contributed by atoms with Gasteiger partial charge in [0.25, 0.3) is 0 Å². The number of hydrogen-bond donors (Lipinski definition) is 2. The van der Waals surface area contributed by atoms with E-state index in [0.29, 0.717) is 16.5 Å². The lowest BCUT2D eigenvalue weighted by molar-refractivity contribution is 0.417. The molecule has 0 heterocycles. The second kappa shape index (κ2) is 8.03. The monoisotopic (exact) mass is 367 g/mol. The summed E-state index contributed by atoms with van der Waals surface area (Å²) < 4.78 is 30.8. The molecule has 0 bridgehead atoms. The van der Waals surface area contributed by atoms with Gasteiger partial charge in [0.05, 0.1) is 25.6 Å². The Bertz CT molecular complexity index is 838. The summed E-state index contributed by atoms with van der Waals surface area (Å²) in [5.74, 6) is 0.653. The molecule has 6 nitrogen and oxygen atoms in total. The third kappa shape index (κ3) is 5.43. The van der Waals surface area contributed by atoms with E-state index >= 15 is 0 Å². The van der Waals surface area contributed by atoms with Crippen LogP contribution in [-0.4, -0.2) is 27.7 Å². The topological polar surface area (TPSA) is 79.8 Å². The highest BCUT2D eigenvalue weighted by Gasteiger charge is 2.10. The molecule has 0 fully saturated rings. The molecule has 0 unspecified atom stereocenters. The maximum atomic E-state index is 11.6. The van der Waals surface area contributed by atoms with Gasteiger partial charge in [-0.2, -0.15) is 0 Å². The normalized spacial score (nSPS) is 11.9. The van der Waals surface area contributed by atoms with Crippen LogP contribution in [0.3, 0.4) is 0 Å². The van der Waals surface area contributed by atoms with Crippen molar-refractivity contribution in [2.24, 2.45) is 4.99 Å². The van der Waals surface area contributed by atoms with Crippen molar-refractivity contribution in [3.63, 3.8) is 0 Å². The molecule has 0 atom stereocenters. The summed E-state index contributed by atoms with van der Waals surface area (Å²) in [6.45, 7) is 0.222. The zero-order valence-corrected chi connectivity index (χ0v) is 14.9. The minimum absolute atomic E-state index is 0.0851. The van der Waals surface area contributed by atoms with Crippen molar-refractivity contribution in [1.82, 2.24) is 4.72 Å². The molecular weight excluding hydrogens is 350 g/mol. The first-order valence-corrected chi connectivity index (χ1v) is 9.31. The fourth-order valence-corrected chi connectivity index (χ4v) is 2.60. The Labute approximate surface area is 146 Å². The Morgan fingerprint density at radius 2 is 1.83 bits per heavy atom. The van der Waals surface area contributed by atoms with E-state index in [4.69, 9.17) is 16.3 Å². The van der Waals surface area contributed by atoms with E-state index in [2.05, 4.69) is 15.0 Å². The SMILES string of the molecule is COc1ccccc1NC(=NCc1ccccc1Cl)NS(C)(=O)=O. The molecular formula is C16H18ClN3O3S. The van der Waals surface area contributed by atoms with Crippen molar-refractivity contribution in [2.45, 2.75) is 6.54 Å². The fourth-order valence-electron chi connectivity index (χ4n) is 1.94. The molecule has 0 saturated carbocycles. The molecule has 2 aromatic carbocycles. The smallest absolute Gasteiger partial charge is 0.232 e. The van der Waals surface area contributed by atoms with Crippen molar-refractivity contribution < 1.29 is 13.2 Å². The second-order valence-corrected chi connectivity index (χ2v) is 7.11. The Balaban J connectivity index is 2.27. The van der Waals surface area contributed by atoms with Crippen LogP contribution in [0.25, 0.3) is 0 Å². The predicted molar refractivity (Wildman–Crippen MR) is 97.2 cm³/mol. The Kier molecular flexibility index (Phi) is 6.05. The summed E-state index contributed by atoms with van der Waals surface area (Å²) in [5, 5.41) is 3.50. The number of ether oxygens (including phenoxy) is 1. The van der Waals surface area contributed by atoms with Crippen LogP contribution in [0.1, 0.15) is 5.56 Å². The van der Waals surface area contributed by atoms with Crippen molar-refractivity contribution in [3.05, 3.63) is 59.1 Å². The number of hydrogen-bond acceptors (Lipinski definition) is 4. The Morgan fingerprint density at radius 3 is 2.50 bits per heavy atom. The van der Waals surface area contributed by atoms with E-state index in [9.17, 15) is 8.42 Å². The lowest BCUT2D eigenvalue weighted by Crippen LogP contribution is -2.35. The van der Waals surface area contributed by atoms with Crippen LogP contribution in [0.2, 0.25) is 5.02 Å². The number of anilines is 1. The van der Waals surface area contributed by atoms with Gasteiger partial charge in [0, 0.05) is 5.02 Å². The lowest BCUT2D eigenvalue weighted by Gasteiger charge is -2.14. The summed E-state index contributed by atoms with van der Waals surface area (Å²) in [5.41, 5.74) is 1.38. The number of aliphatic imine (C=N–C) groups is 1. The predicted octanol–water partition coefficient (Wildman–Crippen LogP) is 2.87. The van der Waals surface area contributed by atoms with Crippen LogP contribution in [0.4, 0.5) is 5.69 Å². The molecule has 128 valence electrons. The molecule has 0 spiro atoms. The summed E-state index contributed by atoms with van der Waals surface area (Å²) in [7, 11) is -1.96. The number of guanidine groups is 1. The van der Waals surface area contributed by atoms with E-state index in [1.807, 2.05) is 24.3 Å². The van der Waals surface area contributed by atoms with Gasteiger partial charge >= 0.3 is 0 Å². The van der Waals surface area contributed by atoms with Gasteiger partial charge in [-0.05, 0) is 23.8 Å². The first kappa shape index (κ1) is 18.1. The number of benzene rings is 2. The maximum absolute atomic E-state index is 11.6. The largest absolute Gasteiger partial charge is 0.495 e. The first-order chi connectivity index (χ1) is 11.4. The standard InChI is InChI=1S/C16H18ClN3O3S/c1-23-15-10-6-5-9-14(15)19-16(20-24(2,21)22)18-11-12-7-3-4-8-13(12)17/h3-10H,11H2,1-2H3,(H2,18,19,20). The van der Waals surface area contributed by atoms with Gasteiger partial charge < -0.3 is 10.1 Å². The number of methoxy groups -OCH3 is 1. The van der Waals surface area contributed by atoms with E-state index in [0.717, 1.165) is 11.8 Å². The molecule has 24 heavy (non-hydrogen) atoms. The van der Waals surface area contributed by atoms with Crippen molar-refractivity contribution in [1.29, 1.82) is 0 Å². The highest BCUT2D eigenvalue weighted by Crippen LogP contribution is 2.23. The molecule has 0 amide bonds. The molecule has 2 aromatic rings. The summed E-state index contributed by atoms with van der Waals surface area (Å²) in [4.78, 5) is 4.29. The highest BCUT2D eigenvalue weighted by atomic mass is 35.5. The molecule has 0 aromatic heterocycles. The molecule has 0 aliphatic heterocycles. The number of nitrogens with zero attached hydrogens (tertiary/aromatic N) is 1. The van der Waals surface area contributed by atoms with Gasteiger partial charge in [0.15, 0.2) is 0 Å². The minimum atomic E-state index is -3.49. The molecule has 2 N–H and O–H groups in total. The quantitative estimate of drug-likeness (QED) is 0.629. The van der Waals surface area contributed by atoms with Crippen LogP contribution in [0, 0.1) is 0 Å². The van der Waals surface area contributed by atoms with Gasteiger partial charge in [-0.1, -0.05) is 41.9 Å². The molecule has 0 aliphatic rings. The fraction of sp³-hybridized carbons (Fsp3) is 0.188. The Hall–Kier alpha value is -2.25. The zero-order valence-electron chi connectivity index (χ0n) is 13.3. The van der Waals surface area contributed by atoms with Gasteiger partial charge in [0.1, 0.15) is 5.75 Å². The number of rotatable bonds is 5. The number of sulfonamides is 1. The number of para-hydroxylation sites is 2. The van der Waals surface area contributed by atoms with Gasteiger partial charge in [-0.15, -0.1) is 0 Å². The third-order valence-corrected chi connectivity index (χ3v) is 3.94. The summed E-state index contributed by atoms with van der Waals surface area (Å²) in [6.07, 6.45) is 1.06. The number of halogens is 1. The van der Waals surface area contributed by atoms with Crippen LogP contribution < -0.4 is 14.8 Å². The van der Waals surface area contributed by atoms with E-state index < -0.39 is 10.0 Å². The van der Waals surface area contributed by atoms with E-state index in [1.165, 1.54) is 7.11 Å². The highest BCUT2D eigenvalue weighted by molar-refractivity contribution is 7.89. The molecule has 2 rings (SSSR count). The van der Waals surface area contributed by atoms with Crippen molar-refractivity contribution in [2.75, 3.05) is 18.7 Å². The van der Waals surface area contributed by atoms with Crippen LogP contribution in [-0.2, 0) is 16.6 Å². The molecule has 0 radical (unpaired) electrons. The van der Waals surface area contributed by atoms with E-state index in [-0.39, 0.29) is 12.5 Å². The van der Waals surface area contributed by atoms with E-state index in [1.54, 1.807) is 24.3 Å². The van der Waals surface area contributed by atoms with Crippen LogP contribution in [0.15, 0.2) is 53.5 Å². The summed E-state index contributed by atoms with van der Waals surface area (Å²) in [6, 6.07) is 14.4. The van der Waals surface area contributed by atoms with Crippen LogP contribution >= 0.6 is 11.6 Å². The van der Waals surface area contributed by atoms with Crippen molar-refractivity contribution >= 4 is 33.3 Å². The maximum Gasteiger partial charge on any atom is 0.232 e. The number of nitrogens with one attached hydrogen (secondary N) is 2. The van der Waals surface area contributed by atoms with Gasteiger partial charge in [-0.25, -0.2) is 13.4 Å². The first-order valence-electron chi connectivity index (χ1n) is 7.05. The van der Waals surface area contributed by atoms with Crippen LogP contribution in [0.5, 0.6) is 5.75 Å². The average molecular weight is 368 g/mol. The molecule has 0 saturated heterocycles.